The first-order valence-electron chi connectivity index (χ1n) is 5.69. The topological polar surface area (TPSA) is 76.6 Å². The fourth-order valence-electron chi connectivity index (χ4n) is 1.47. The van der Waals surface area contributed by atoms with Crippen molar-refractivity contribution in [3.8, 4) is 0 Å². The van der Waals surface area contributed by atoms with Gasteiger partial charge >= 0.3 is 0 Å². The number of aromatic nitrogens is 1. The zero-order valence-corrected chi connectivity index (χ0v) is 10.4. The Bertz CT molecular complexity index is 655. The number of hydrazone groups is 1. The second-order valence-electron chi connectivity index (χ2n) is 3.91. The number of amides is 1. The lowest BCUT2D eigenvalue weighted by molar-refractivity contribution is -0.121. The van der Waals surface area contributed by atoms with E-state index < -0.39 is 0 Å². The third-order valence-corrected chi connectivity index (χ3v) is 2.36. The zero-order valence-electron chi connectivity index (χ0n) is 10.4. The van der Waals surface area contributed by atoms with E-state index in [4.69, 9.17) is 4.42 Å². The summed E-state index contributed by atoms with van der Waals surface area (Å²) in [5, 5.41) is 3.75. The number of carbonyl (C=O) groups excluding carboxylic acids is 1. The van der Waals surface area contributed by atoms with E-state index in [1.807, 2.05) is 6.92 Å². The van der Waals surface area contributed by atoms with Crippen molar-refractivity contribution in [2.75, 3.05) is 0 Å². The second kappa shape index (κ2) is 5.81. The minimum Gasteiger partial charge on any atom is -0.460 e. The molecule has 0 fully saturated rings. The van der Waals surface area contributed by atoms with Gasteiger partial charge in [0.15, 0.2) is 0 Å². The minimum absolute atomic E-state index is 0.0752. The summed E-state index contributed by atoms with van der Waals surface area (Å²) >= 11 is 0. The molecule has 0 saturated carbocycles. The van der Waals surface area contributed by atoms with Gasteiger partial charge in [-0.1, -0.05) is 6.07 Å². The van der Waals surface area contributed by atoms with Crippen molar-refractivity contribution < 1.29 is 9.21 Å². The third kappa shape index (κ3) is 3.67. The van der Waals surface area contributed by atoms with E-state index in [1.165, 1.54) is 16.8 Å². The fraction of sp³-hybridized carbons (Fsp3) is 0.154. The highest BCUT2D eigenvalue weighted by Gasteiger charge is 2.02. The first-order valence-corrected chi connectivity index (χ1v) is 5.69. The summed E-state index contributed by atoms with van der Waals surface area (Å²) in [6.45, 7) is 1.74. The number of pyridine rings is 1. The Morgan fingerprint density at radius 3 is 2.95 bits per heavy atom. The van der Waals surface area contributed by atoms with Crippen LogP contribution in [0.15, 0.2) is 50.8 Å². The number of nitrogens with zero attached hydrogens (tertiary/aromatic N) is 2. The lowest BCUT2D eigenvalue weighted by Gasteiger charge is -2.02. The average molecular weight is 259 g/mol. The lowest BCUT2D eigenvalue weighted by Crippen LogP contribution is -2.28. The molecule has 0 aliphatic carbocycles. The first-order chi connectivity index (χ1) is 9.15. The molecule has 0 aliphatic heterocycles. The normalized spacial score (nSPS) is 10.8. The van der Waals surface area contributed by atoms with Crippen molar-refractivity contribution in [1.29, 1.82) is 0 Å². The fourth-order valence-corrected chi connectivity index (χ4v) is 1.47. The maximum atomic E-state index is 11.5. The molecule has 6 nitrogen and oxygen atoms in total. The summed E-state index contributed by atoms with van der Waals surface area (Å²) in [6.07, 6.45) is 2.94. The predicted octanol–water partition coefficient (Wildman–Crippen LogP) is 0.900. The number of furan rings is 1. The van der Waals surface area contributed by atoms with Gasteiger partial charge < -0.3 is 8.98 Å². The highest BCUT2D eigenvalue weighted by Crippen LogP contribution is 2.02. The maximum Gasteiger partial charge on any atom is 0.260 e. The molecule has 0 aromatic carbocycles. The number of aryl methyl sites for hydroxylation is 1. The van der Waals surface area contributed by atoms with Crippen LogP contribution in [0, 0.1) is 6.92 Å². The third-order valence-electron chi connectivity index (χ3n) is 2.36. The molecular weight excluding hydrogens is 246 g/mol. The van der Waals surface area contributed by atoms with E-state index >= 15 is 0 Å². The molecule has 1 amide bonds. The predicted molar refractivity (Wildman–Crippen MR) is 69.9 cm³/mol. The Hall–Kier alpha value is -2.63. The van der Waals surface area contributed by atoms with Gasteiger partial charge in [-0.2, -0.15) is 5.10 Å². The quantitative estimate of drug-likeness (QED) is 0.654. The lowest BCUT2D eigenvalue weighted by atomic mass is 10.4. The molecule has 0 radical (unpaired) electrons. The molecular formula is C13H13N3O3. The van der Waals surface area contributed by atoms with Crippen LogP contribution in [0.1, 0.15) is 11.5 Å². The van der Waals surface area contributed by atoms with Gasteiger partial charge in [-0.25, -0.2) is 5.43 Å². The molecule has 2 aromatic rings. The van der Waals surface area contributed by atoms with Crippen molar-refractivity contribution in [3.63, 3.8) is 0 Å². The van der Waals surface area contributed by atoms with Crippen LogP contribution in [0.25, 0.3) is 0 Å². The van der Waals surface area contributed by atoms with Crippen LogP contribution in [0.5, 0.6) is 0 Å². The van der Waals surface area contributed by atoms with Crippen molar-refractivity contribution in [3.05, 3.63) is 58.4 Å². The Morgan fingerprint density at radius 2 is 2.26 bits per heavy atom. The molecule has 2 heterocycles. The van der Waals surface area contributed by atoms with Crippen LogP contribution >= 0.6 is 0 Å². The van der Waals surface area contributed by atoms with Gasteiger partial charge in [0.05, 0.1) is 6.21 Å². The van der Waals surface area contributed by atoms with E-state index in [2.05, 4.69) is 10.5 Å². The highest BCUT2D eigenvalue weighted by atomic mass is 16.3. The largest absolute Gasteiger partial charge is 0.460 e. The van der Waals surface area contributed by atoms with E-state index in [0.717, 1.165) is 5.76 Å². The van der Waals surface area contributed by atoms with Crippen molar-refractivity contribution >= 4 is 12.1 Å². The van der Waals surface area contributed by atoms with Crippen LogP contribution in [0.4, 0.5) is 0 Å². The zero-order chi connectivity index (χ0) is 13.7. The summed E-state index contributed by atoms with van der Waals surface area (Å²) < 4.78 is 6.54. The van der Waals surface area contributed by atoms with Crippen LogP contribution in [-0.2, 0) is 11.3 Å². The smallest absolute Gasteiger partial charge is 0.260 e. The maximum absolute atomic E-state index is 11.5. The number of rotatable bonds is 4. The van der Waals surface area contributed by atoms with Gasteiger partial charge in [0.25, 0.3) is 11.5 Å². The van der Waals surface area contributed by atoms with Gasteiger partial charge in [0, 0.05) is 12.3 Å². The van der Waals surface area contributed by atoms with E-state index in [9.17, 15) is 9.59 Å². The Morgan fingerprint density at radius 1 is 1.42 bits per heavy atom. The molecule has 0 unspecified atom stereocenters. The summed E-state index contributed by atoms with van der Waals surface area (Å²) in [5.41, 5.74) is 2.09. The van der Waals surface area contributed by atoms with Crippen LogP contribution in [0.3, 0.4) is 0 Å². The summed E-state index contributed by atoms with van der Waals surface area (Å²) in [6, 6.07) is 8.24. The van der Waals surface area contributed by atoms with Crippen LogP contribution < -0.4 is 11.0 Å². The molecule has 1 N–H and O–H groups in total. The van der Waals surface area contributed by atoms with Gasteiger partial charge in [0.1, 0.15) is 18.1 Å². The van der Waals surface area contributed by atoms with E-state index in [-0.39, 0.29) is 18.0 Å². The van der Waals surface area contributed by atoms with E-state index in [1.54, 1.807) is 30.5 Å². The number of carbonyl (C=O) groups is 1. The Labute approximate surface area is 109 Å². The summed E-state index contributed by atoms with van der Waals surface area (Å²) in [4.78, 5) is 22.9. The minimum atomic E-state index is -0.382. The molecule has 2 aromatic heterocycles. The molecule has 98 valence electrons. The van der Waals surface area contributed by atoms with Crippen LogP contribution in [-0.4, -0.2) is 16.7 Å². The summed E-state index contributed by atoms with van der Waals surface area (Å²) in [5.74, 6) is 0.936. The molecule has 0 atom stereocenters. The summed E-state index contributed by atoms with van der Waals surface area (Å²) in [7, 11) is 0. The molecule has 0 bridgehead atoms. The molecule has 6 heteroatoms. The monoisotopic (exact) mass is 259 g/mol. The Kier molecular flexibility index (Phi) is 3.92. The molecule has 19 heavy (non-hydrogen) atoms. The number of hydrogen-bond donors (Lipinski definition) is 1. The molecule has 2 rings (SSSR count). The van der Waals surface area contributed by atoms with Crippen molar-refractivity contribution in [2.45, 2.75) is 13.5 Å². The molecule has 0 aliphatic rings. The average Bonchev–Trinajstić information content (AvgIpc) is 2.78. The Balaban J connectivity index is 1.90. The van der Waals surface area contributed by atoms with Gasteiger partial charge in [-0.3, -0.25) is 9.59 Å². The van der Waals surface area contributed by atoms with Crippen LogP contribution in [0.2, 0.25) is 0 Å². The number of hydrogen-bond acceptors (Lipinski definition) is 4. The number of nitrogens with one attached hydrogen (secondary N) is 1. The molecule has 0 saturated heterocycles. The first kappa shape index (κ1) is 12.8. The second-order valence-corrected chi connectivity index (χ2v) is 3.91. The highest BCUT2D eigenvalue weighted by molar-refractivity contribution is 5.80. The standard InChI is InChI=1S/C13H13N3O3/c1-10-5-6-11(19-10)8-14-15-12(17)9-16-7-3-2-4-13(16)18/h2-8H,9H2,1H3,(H,15,17)/b14-8-. The SMILES string of the molecule is Cc1ccc(/C=N\NC(=O)Cn2ccccc2=O)o1. The van der Waals surface area contributed by atoms with Crippen molar-refractivity contribution in [2.24, 2.45) is 5.10 Å². The van der Waals surface area contributed by atoms with Gasteiger partial charge in [-0.15, -0.1) is 0 Å². The van der Waals surface area contributed by atoms with Gasteiger partial charge in [0.2, 0.25) is 0 Å². The molecule has 0 spiro atoms. The van der Waals surface area contributed by atoms with Crippen molar-refractivity contribution in [1.82, 2.24) is 9.99 Å². The van der Waals surface area contributed by atoms with Gasteiger partial charge in [-0.05, 0) is 25.1 Å². The van der Waals surface area contributed by atoms with E-state index in [0.29, 0.717) is 5.76 Å².